The van der Waals surface area contributed by atoms with Gasteiger partial charge in [0.15, 0.2) is 0 Å². The van der Waals surface area contributed by atoms with Crippen molar-refractivity contribution in [2.24, 2.45) is 0 Å². The molecule has 2 N–H and O–H groups in total. The molecule has 1 heterocycles. The van der Waals surface area contributed by atoms with E-state index in [2.05, 4.69) is 10.6 Å². The maximum Gasteiger partial charge on any atom is 0.258 e. The number of hydrogen-bond donors (Lipinski definition) is 2. The van der Waals surface area contributed by atoms with Gasteiger partial charge < -0.3 is 25.2 Å². The normalized spacial score (nSPS) is 13.4. The molecular formula is C33H31ClN4O3. The highest BCUT2D eigenvalue weighted by molar-refractivity contribution is 6.38. The Morgan fingerprint density at radius 1 is 0.902 bits per heavy atom. The minimum Gasteiger partial charge on any atom is -0.489 e. The Labute approximate surface area is 245 Å². The van der Waals surface area contributed by atoms with Crippen molar-refractivity contribution in [2.75, 3.05) is 43.2 Å². The standard InChI is InChI=1S/C33H31ClN4O3/c1-37(2)20-30(39)38(3)26-14-12-25(13-15-26)35-32(31-28-18-11-24(34)19-29(28)36-33(31)40)23-9-16-27(17-10-23)41-21-22-7-5-4-6-8-22/h4-19,35H,20-21H2,1-3H3,(H,36,40)/b32-31-. The molecule has 0 fully saturated rings. The van der Waals surface area contributed by atoms with Gasteiger partial charge in [0.25, 0.3) is 5.91 Å². The first kappa shape index (κ1) is 28.0. The van der Waals surface area contributed by atoms with Crippen LogP contribution in [0.2, 0.25) is 5.02 Å². The summed E-state index contributed by atoms with van der Waals surface area (Å²) in [4.78, 5) is 29.2. The molecule has 41 heavy (non-hydrogen) atoms. The number of anilines is 3. The van der Waals surface area contributed by atoms with Crippen LogP contribution in [0.15, 0.2) is 97.1 Å². The van der Waals surface area contributed by atoms with Gasteiger partial charge in [0, 0.05) is 29.0 Å². The molecule has 0 saturated heterocycles. The number of nitrogens with zero attached hydrogens (tertiary/aromatic N) is 2. The first-order valence-electron chi connectivity index (χ1n) is 13.2. The molecule has 0 aliphatic carbocycles. The van der Waals surface area contributed by atoms with Gasteiger partial charge in [-0.1, -0.05) is 48.0 Å². The van der Waals surface area contributed by atoms with Gasteiger partial charge in [0.1, 0.15) is 12.4 Å². The van der Waals surface area contributed by atoms with Gasteiger partial charge in [-0.2, -0.15) is 0 Å². The number of amides is 2. The quantitative estimate of drug-likeness (QED) is 0.230. The largest absolute Gasteiger partial charge is 0.489 e. The van der Waals surface area contributed by atoms with Crippen LogP contribution in [0.5, 0.6) is 5.75 Å². The van der Waals surface area contributed by atoms with Crippen molar-refractivity contribution in [3.8, 4) is 5.75 Å². The lowest BCUT2D eigenvalue weighted by atomic mass is 10.00. The van der Waals surface area contributed by atoms with E-state index in [1.807, 2.05) is 104 Å². The molecule has 0 atom stereocenters. The molecule has 4 aromatic carbocycles. The molecule has 0 bridgehead atoms. The molecule has 208 valence electrons. The zero-order valence-corrected chi connectivity index (χ0v) is 23.9. The Morgan fingerprint density at radius 3 is 2.29 bits per heavy atom. The monoisotopic (exact) mass is 566 g/mol. The van der Waals surface area contributed by atoms with Crippen LogP contribution < -0.4 is 20.3 Å². The van der Waals surface area contributed by atoms with Gasteiger partial charge in [0.2, 0.25) is 5.91 Å². The minimum absolute atomic E-state index is 0.00835. The predicted octanol–water partition coefficient (Wildman–Crippen LogP) is 6.38. The van der Waals surface area contributed by atoms with E-state index in [9.17, 15) is 9.59 Å². The van der Waals surface area contributed by atoms with Crippen LogP contribution in [0.1, 0.15) is 16.7 Å². The van der Waals surface area contributed by atoms with Crippen molar-refractivity contribution >= 4 is 51.7 Å². The summed E-state index contributed by atoms with van der Waals surface area (Å²) in [6.07, 6.45) is 0. The summed E-state index contributed by atoms with van der Waals surface area (Å²) in [5.74, 6) is 0.491. The van der Waals surface area contributed by atoms with E-state index in [4.69, 9.17) is 16.3 Å². The van der Waals surface area contributed by atoms with Gasteiger partial charge in [0.05, 0.1) is 23.5 Å². The highest BCUT2D eigenvalue weighted by Gasteiger charge is 2.28. The first-order chi connectivity index (χ1) is 19.8. The molecule has 4 aromatic rings. The number of carbonyl (C=O) groups is 2. The molecule has 0 saturated carbocycles. The highest BCUT2D eigenvalue weighted by Crippen LogP contribution is 2.39. The Morgan fingerprint density at radius 2 is 1.61 bits per heavy atom. The fraction of sp³-hybridized carbons (Fsp3) is 0.152. The van der Waals surface area contributed by atoms with Gasteiger partial charge in [-0.15, -0.1) is 0 Å². The maximum atomic E-state index is 13.3. The molecule has 7 nitrogen and oxygen atoms in total. The molecule has 0 spiro atoms. The molecule has 1 aliphatic rings. The fourth-order valence-corrected chi connectivity index (χ4v) is 4.74. The smallest absolute Gasteiger partial charge is 0.258 e. The van der Waals surface area contributed by atoms with E-state index in [0.29, 0.717) is 35.1 Å². The lowest BCUT2D eigenvalue weighted by Gasteiger charge is -2.20. The number of carbonyl (C=O) groups excluding carboxylic acids is 2. The van der Waals surface area contributed by atoms with Crippen LogP contribution in [0.4, 0.5) is 17.1 Å². The van der Waals surface area contributed by atoms with Crippen molar-refractivity contribution in [1.29, 1.82) is 0 Å². The number of fused-ring (bicyclic) bond motifs is 1. The summed E-state index contributed by atoms with van der Waals surface area (Å²) in [5, 5.41) is 6.94. The summed E-state index contributed by atoms with van der Waals surface area (Å²) >= 11 is 6.20. The summed E-state index contributed by atoms with van der Waals surface area (Å²) in [7, 11) is 5.48. The third kappa shape index (κ3) is 6.60. The van der Waals surface area contributed by atoms with Gasteiger partial charge in [-0.05, 0) is 85.9 Å². The van der Waals surface area contributed by atoms with Crippen LogP contribution in [-0.2, 0) is 16.2 Å². The fourth-order valence-electron chi connectivity index (χ4n) is 4.56. The van der Waals surface area contributed by atoms with Crippen molar-refractivity contribution in [2.45, 2.75) is 6.61 Å². The van der Waals surface area contributed by atoms with Gasteiger partial charge >= 0.3 is 0 Å². The van der Waals surface area contributed by atoms with E-state index in [1.165, 1.54) is 0 Å². The van der Waals surface area contributed by atoms with Crippen LogP contribution in [0, 0.1) is 0 Å². The molecular weight excluding hydrogens is 536 g/mol. The lowest BCUT2D eigenvalue weighted by molar-refractivity contribution is -0.119. The van der Waals surface area contributed by atoms with Gasteiger partial charge in [-0.25, -0.2) is 0 Å². The Kier molecular flexibility index (Phi) is 8.38. The van der Waals surface area contributed by atoms with Crippen molar-refractivity contribution in [3.05, 3.63) is 119 Å². The SMILES string of the molecule is CN(C)CC(=O)N(C)c1ccc(N/C(=C2\C(=O)Nc3cc(Cl)ccc32)c2ccc(OCc3ccccc3)cc2)cc1. The zero-order valence-electron chi connectivity index (χ0n) is 23.1. The van der Waals surface area contributed by atoms with E-state index >= 15 is 0 Å². The Hall–Kier alpha value is -4.59. The van der Waals surface area contributed by atoms with E-state index in [1.54, 1.807) is 24.1 Å². The second kappa shape index (κ2) is 12.3. The van der Waals surface area contributed by atoms with E-state index < -0.39 is 0 Å². The molecule has 0 unspecified atom stereocenters. The third-order valence-electron chi connectivity index (χ3n) is 6.72. The molecule has 0 radical (unpaired) electrons. The highest BCUT2D eigenvalue weighted by atomic mass is 35.5. The maximum absolute atomic E-state index is 13.3. The van der Waals surface area contributed by atoms with E-state index in [0.717, 1.165) is 33.8 Å². The van der Waals surface area contributed by atoms with Crippen LogP contribution in [0.25, 0.3) is 11.3 Å². The number of likely N-dealkylation sites (N-methyl/N-ethyl adjacent to an activating group) is 2. The topological polar surface area (TPSA) is 73.9 Å². The average Bonchev–Trinajstić information content (AvgIpc) is 3.29. The molecule has 1 aliphatic heterocycles. The number of nitrogens with one attached hydrogen (secondary N) is 2. The van der Waals surface area contributed by atoms with Crippen LogP contribution in [0.3, 0.4) is 0 Å². The minimum atomic E-state index is -0.222. The summed E-state index contributed by atoms with van der Waals surface area (Å²) < 4.78 is 5.97. The van der Waals surface area contributed by atoms with Crippen molar-refractivity contribution in [3.63, 3.8) is 0 Å². The molecule has 0 aromatic heterocycles. The van der Waals surface area contributed by atoms with Gasteiger partial charge in [-0.3, -0.25) is 9.59 Å². The number of hydrogen-bond acceptors (Lipinski definition) is 5. The molecule has 8 heteroatoms. The number of halogens is 1. The lowest BCUT2D eigenvalue weighted by Crippen LogP contribution is -2.34. The average molecular weight is 567 g/mol. The summed E-state index contributed by atoms with van der Waals surface area (Å²) in [6.45, 7) is 0.775. The number of rotatable bonds is 9. The second-order valence-electron chi connectivity index (χ2n) is 10.1. The Bertz CT molecular complexity index is 1580. The van der Waals surface area contributed by atoms with Crippen molar-refractivity contribution in [1.82, 2.24) is 4.90 Å². The molecule has 2 amide bonds. The Balaban J connectivity index is 1.45. The number of ether oxygens (including phenoxy) is 1. The van der Waals surface area contributed by atoms with Crippen molar-refractivity contribution < 1.29 is 14.3 Å². The van der Waals surface area contributed by atoms with Crippen LogP contribution in [-0.4, -0.2) is 44.4 Å². The molecule has 5 rings (SSSR count). The zero-order chi connectivity index (χ0) is 28.9. The second-order valence-corrected chi connectivity index (χ2v) is 10.5. The van der Waals surface area contributed by atoms with Crippen LogP contribution >= 0.6 is 11.6 Å². The van der Waals surface area contributed by atoms with E-state index in [-0.39, 0.29) is 11.8 Å². The predicted molar refractivity (Wildman–Crippen MR) is 166 cm³/mol. The number of benzene rings is 4. The summed E-state index contributed by atoms with van der Waals surface area (Å²) in [5.41, 5.74) is 6.01. The third-order valence-corrected chi connectivity index (χ3v) is 6.95. The summed E-state index contributed by atoms with van der Waals surface area (Å²) in [6, 6.07) is 30.5. The first-order valence-corrected chi connectivity index (χ1v) is 13.6.